The Labute approximate surface area is 128 Å². The Hall–Kier alpha value is -1.71. The number of anilines is 1. The maximum atomic E-state index is 13.7. The average molecular weight is 351 g/mol. The van der Waals surface area contributed by atoms with Gasteiger partial charge in [0.1, 0.15) is 10.0 Å². The van der Waals surface area contributed by atoms with Gasteiger partial charge in [0.25, 0.3) is 15.7 Å². The van der Waals surface area contributed by atoms with Gasteiger partial charge in [-0.15, -0.1) is 11.3 Å². The van der Waals surface area contributed by atoms with E-state index in [1.54, 1.807) is 0 Å². The molecule has 0 radical (unpaired) electrons. The van der Waals surface area contributed by atoms with Crippen LogP contribution >= 0.6 is 22.9 Å². The summed E-state index contributed by atoms with van der Waals surface area (Å²) in [5.74, 6) is -0.722. The van der Waals surface area contributed by atoms with Crippen molar-refractivity contribution in [3.63, 3.8) is 0 Å². The molecule has 0 N–H and O–H groups in total. The second-order valence-electron chi connectivity index (χ2n) is 3.91. The number of benzene rings is 1. The smallest absolute Gasteiger partial charge is 0.266 e. The number of thiophene rings is 1. The van der Waals surface area contributed by atoms with E-state index in [0.717, 1.165) is 19.2 Å². The van der Waals surface area contributed by atoms with Crippen LogP contribution in [0.1, 0.15) is 0 Å². The zero-order valence-corrected chi connectivity index (χ0v) is 12.9. The van der Waals surface area contributed by atoms with Crippen LogP contribution in [0, 0.1) is 15.9 Å². The highest BCUT2D eigenvalue weighted by molar-refractivity contribution is 7.94. The first-order chi connectivity index (χ1) is 9.75. The fourth-order valence-electron chi connectivity index (χ4n) is 1.56. The monoisotopic (exact) mass is 350 g/mol. The van der Waals surface area contributed by atoms with Crippen LogP contribution in [0.5, 0.6) is 0 Å². The summed E-state index contributed by atoms with van der Waals surface area (Å²) >= 11 is 6.20. The van der Waals surface area contributed by atoms with E-state index in [2.05, 4.69) is 0 Å². The molecule has 1 aromatic carbocycles. The van der Waals surface area contributed by atoms with Gasteiger partial charge in [0.15, 0.2) is 4.34 Å². The molecule has 0 atom stereocenters. The van der Waals surface area contributed by atoms with E-state index < -0.39 is 26.5 Å². The molecule has 1 heterocycles. The lowest BCUT2D eigenvalue weighted by atomic mass is 10.3. The zero-order chi connectivity index (χ0) is 15.8. The van der Waals surface area contributed by atoms with Gasteiger partial charge >= 0.3 is 0 Å². The van der Waals surface area contributed by atoms with Crippen LogP contribution in [-0.4, -0.2) is 20.4 Å². The number of nitro groups is 1. The topological polar surface area (TPSA) is 80.5 Å². The second kappa shape index (κ2) is 5.58. The van der Waals surface area contributed by atoms with Crippen molar-refractivity contribution in [3.05, 3.63) is 50.6 Å². The largest absolute Gasteiger partial charge is 0.300 e. The summed E-state index contributed by atoms with van der Waals surface area (Å²) in [5.41, 5.74) is -0.660. The molecule has 0 bridgehead atoms. The first-order valence-corrected chi connectivity index (χ1v) is 8.06. The Kier molecular flexibility index (Phi) is 4.17. The average Bonchev–Trinajstić information content (AvgIpc) is 2.81. The fourth-order valence-corrected chi connectivity index (χ4v) is 4.60. The second-order valence-corrected chi connectivity index (χ2v) is 7.76. The minimum Gasteiger partial charge on any atom is -0.266 e. The highest BCUT2D eigenvalue weighted by Gasteiger charge is 2.29. The number of hydrogen-bond acceptors (Lipinski definition) is 5. The van der Waals surface area contributed by atoms with Gasteiger partial charge in [0.2, 0.25) is 0 Å². The molecular weight excluding hydrogens is 343 g/mol. The predicted molar refractivity (Wildman–Crippen MR) is 78.0 cm³/mol. The number of sulfonamides is 1. The molecule has 1 aromatic heterocycles. The van der Waals surface area contributed by atoms with Crippen LogP contribution in [0.4, 0.5) is 15.8 Å². The van der Waals surface area contributed by atoms with Crippen molar-refractivity contribution in [1.29, 1.82) is 0 Å². The first-order valence-electron chi connectivity index (χ1n) is 5.42. The highest BCUT2D eigenvalue weighted by Crippen LogP contribution is 2.38. The van der Waals surface area contributed by atoms with Crippen molar-refractivity contribution in [2.45, 2.75) is 4.21 Å². The van der Waals surface area contributed by atoms with Crippen molar-refractivity contribution in [2.24, 2.45) is 0 Å². The van der Waals surface area contributed by atoms with Gasteiger partial charge in [-0.3, -0.25) is 14.4 Å². The Morgan fingerprint density at radius 3 is 2.52 bits per heavy atom. The molecule has 0 saturated heterocycles. The molecule has 0 saturated carbocycles. The van der Waals surface area contributed by atoms with Crippen molar-refractivity contribution < 1.29 is 17.7 Å². The van der Waals surface area contributed by atoms with Gasteiger partial charge in [-0.1, -0.05) is 23.7 Å². The molecule has 0 aliphatic carbocycles. The summed E-state index contributed by atoms with van der Waals surface area (Å²) in [6.45, 7) is 0. The van der Waals surface area contributed by atoms with E-state index >= 15 is 0 Å². The van der Waals surface area contributed by atoms with Crippen molar-refractivity contribution in [3.8, 4) is 0 Å². The van der Waals surface area contributed by atoms with Gasteiger partial charge in [-0.05, 0) is 12.1 Å². The molecule has 112 valence electrons. The summed E-state index contributed by atoms with van der Waals surface area (Å²) in [6, 6.07) is 6.17. The van der Waals surface area contributed by atoms with Crippen LogP contribution in [0.3, 0.4) is 0 Å². The Morgan fingerprint density at radius 2 is 2.00 bits per heavy atom. The normalized spacial score (nSPS) is 11.4. The highest BCUT2D eigenvalue weighted by atomic mass is 35.5. The van der Waals surface area contributed by atoms with Crippen LogP contribution in [-0.2, 0) is 10.0 Å². The van der Waals surface area contributed by atoms with Gasteiger partial charge in [0.05, 0.1) is 10.6 Å². The number of halogens is 2. The minimum atomic E-state index is -4.13. The third-order valence-corrected chi connectivity index (χ3v) is 6.21. The SMILES string of the molecule is CN(c1ccccc1F)S(=O)(=O)c1cc([N+](=O)[O-])c(Cl)s1. The molecule has 10 heteroatoms. The van der Waals surface area contributed by atoms with E-state index in [1.165, 1.54) is 18.2 Å². The quantitative estimate of drug-likeness (QED) is 0.626. The summed E-state index contributed by atoms with van der Waals surface area (Å²) in [7, 11) is -2.97. The van der Waals surface area contributed by atoms with Gasteiger partial charge in [-0.25, -0.2) is 12.8 Å². The molecule has 0 amide bonds. The van der Waals surface area contributed by atoms with Crippen molar-refractivity contribution in [2.75, 3.05) is 11.4 Å². The molecule has 21 heavy (non-hydrogen) atoms. The lowest BCUT2D eigenvalue weighted by Gasteiger charge is -2.18. The van der Waals surface area contributed by atoms with Gasteiger partial charge in [0, 0.05) is 13.1 Å². The molecule has 0 aliphatic rings. The van der Waals surface area contributed by atoms with Gasteiger partial charge < -0.3 is 0 Å². The lowest BCUT2D eigenvalue weighted by Crippen LogP contribution is -2.26. The molecule has 6 nitrogen and oxygen atoms in total. The van der Waals surface area contributed by atoms with Crippen LogP contribution in [0.2, 0.25) is 4.34 Å². The molecule has 0 unspecified atom stereocenters. The number of hydrogen-bond donors (Lipinski definition) is 0. The Morgan fingerprint density at radius 1 is 1.38 bits per heavy atom. The third kappa shape index (κ3) is 2.85. The van der Waals surface area contributed by atoms with E-state index in [4.69, 9.17) is 11.6 Å². The van der Waals surface area contributed by atoms with Crippen LogP contribution < -0.4 is 4.31 Å². The summed E-state index contributed by atoms with van der Waals surface area (Å²) in [5, 5.41) is 10.7. The van der Waals surface area contributed by atoms with Gasteiger partial charge in [-0.2, -0.15) is 0 Å². The molecule has 0 fully saturated rings. The zero-order valence-electron chi connectivity index (χ0n) is 10.5. The van der Waals surface area contributed by atoms with Crippen LogP contribution in [0.15, 0.2) is 34.5 Å². The maximum absolute atomic E-state index is 13.7. The van der Waals surface area contributed by atoms with Crippen molar-refractivity contribution in [1.82, 2.24) is 0 Å². The molecule has 2 rings (SSSR count). The van der Waals surface area contributed by atoms with Crippen LogP contribution in [0.25, 0.3) is 0 Å². The number of rotatable bonds is 4. The molecule has 0 aliphatic heterocycles. The minimum absolute atomic E-state index is 0.162. The van der Waals surface area contributed by atoms with E-state index in [9.17, 15) is 22.9 Å². The Balaban J connectivity index is 2.50. The van der Waals surface area contributed by atoms with Crippen molar-refractivity contribution >= 4 is 44.3 Å². The first kappa shape index (κ1) is 15.7. The third-order valence-electron chi connectivity index (χ3n) is 2.65. The van der Waals surface area contributed by atoms with E-state index in [0.29, 0.717) is 15.6 Å². The Bertz CT molecular complexity index is 806. The standard InChI is InChI=1S/C11H8ClFN2O4S2/c1-14(8-5-3-2-4-7(8)13)21(18,19)10-6-9(15(16)17)11(12)20-10/h2-6H,1H3. The maximum Gasteiger partial charge on any atom is 0.300 e. The summed E-state index contributed by atoms with van der Waals surface area (Å²) < 4.78 is 38.5. The molecule has 2 aromatic rings. The molecule has 0 spiro atoms. The summed E-state index contributed by atoms with van der Waals surface area (Å²) in [6.07, 6.45) is 0. The number of nitrogens with zero attached hydrogens (tertiary/aromatic N) is 2. The van der Waals surface area contributed by atoms with E-state index in [-0.39, 0.29) is 14.2 Å². The molecular formula is C11H8ClFN2O4S2. The lowest BCUT2D eigenvalue weighted by molar-refractivity contribution is -0.384. The predicted octanol–water partition coefficient (Wildman–Crippen LogP) is 3.27. The number of para-hydroxylation sites is 1. The summed E-state index contributed by atoms with van der Waals surface area (Å²) in [4.78, 5) is 9.94. The van der Waals surface area contributed by atoms with E-state index in [1.807, 2.05) is 0 Å². The fraction of sp³-hybridized carbons (Fsp3) is 0.0909.